The van der Waals surface area contributed by atoms with Crippen LogP contribution in [0.15, 0.2) is 24.4 Å². The van der Waals surface area contributed by atoms with Crippen molar-refractivity contribution in [2.24, 2.45) is 5.92 Å². The van der Waals surface area contributed by atoms with Crippen LogP contribution in [0, 0.1) is 5.92 Å². The number of fused-ring (bicyclic) bond motifs is 1. The molecule has 0 atom stereocenters. The van der Waals surface area contributed by atoms with Crippen LogP contribution >= 0.6 is 0 Å². The largest absolute Gasteiger partial charge is 0.480 e. The summed E-state index contributed by atoms with van der Waals surface area (Å²) < 4.78 is 1.68. The van der Waals surface area contributed by atoms with Gasteiger partial charge in [0, 0.05) is 12.7 Å². The molecule has 0 aliphatic heterocycles. The van der Waals surface area contributed by atoms with Gasteiger partial charge in [0.25, 0.3) is 0 Å². The molecule has 2 heterocycles. The maximum absolute atomic E-state index is 9.58. The molecule has 3 rings (SSSR count). The van der Waals surface area contributed by atoms with Crippen LogP contribution in [0.3, 0.4) is 0 Å². The molecule has 0 saturated heterocycles. The number of nitrogens with one attached hydrogen (secondary N) is 1. The van der Waals surface area contributed by atoms with Crippen molar-refractivity contribution in [3.05, 3.63) is 24.4 Å². The first-order valence-electron chi connectivity index (χ1n) is 5.24. The molecule has 0 bridgehead atoms. The molecule has 2 aromatic heterocycles. The molecule has 2 N–H and O–H groups in total. The number of imidazole rings is 1. The molecule has 0 amide bonds. The van der Waals surface area contributed by atoms with Gasteiger partial charge in [-0.05, 0) is 30.9 Å². The van der Waals surface area contributed by atoms with E-state index in [1.165, 1.54) is 12.8 Å². The number of hydrogen-bond acceptors (Lipinski definition) is 3. The van der Waals surface area contributed by atoms with Crippen LogP contribution in [0.2, 0.25) is 0 Å². The molecular weight excluding hydrogens is 190 g/mol. The van der Waals surface area contributed by atoms with Crippen molar-refractivity contribution in [1.29, 1.82) is 0 Å². The second-order valence-corrected chi connectivity index (χ2v) is 4.04. The zero-order valence-corrected chi connectivity index (χ0v) is 8.35. The second-order valence-electron chi connectivity index (χ2n) is 4.04. The minimum Gasteiger partial charge on any atom is -0.480 e. The van der Waals surface area contributed by atoms with Crippen molar-refractivity contribution in [3.63, 3.8) is 0 Å². The molecule has 1 aliphatic rings. The van der Waals surface area contributed by atoms with E-state index < -0.39 is 0 Å². The van der Waals surface area contributed by atoms with Gasteiger partial charge in [-0.3, -0.25) is 4.40 Å². The molecule has 0 spiro atoms. The van der Waals surface area contributed by atoms with E-state index in [0.29, 0.717) is 0 Å². The van der Waals surface area contributed by atoms with Crippen molar-refractivity contribution < 1.29 is 5.11 Å². The van der Waals surface area contributed by atoms with Crippen LogP contribution in [0.4, 0.5) is 5.82 Å². The van der Waals surface area contributed by atoms with E-state index in [1.54, 1.807) is 10.6 Å². The van der Waals surface area contributed by atoms with Crippen molar-refractivity contribution in [2.75, 3.05) is 11.9 Å². The summed E-state index contributed by atoms with van der Waals surface area (Å²) in [5, 5.41) is 12.9. The summed E-state index contributed by atoms with van der Waals surface area (Å²) in [7, 11) is 0. The van der Waals surface area contributed by atoms with E-state index in [4.69, 9.17) is 0 Å². The lowest BCUT2D eigenvalue weighted by Gasteiger charge is -2.00. The van der Waals surface area contributed by atoms with Gasteiger partial charge in [-0.1, -0.05) is 6.07 Å². The van der Waals surface area contributed by atoms with Crippen LogP contribution in [-0.2, 0) is 0 Å². The summed E-state index contributed by atoms with van der Waals surface area (Å²) in [4.78, 5) is 4.10. The average Bonchev–Trinajstić information content (AvgIpc) is 3.03. The number of nitrogens with zero attached hydrogens (tertiary/aromatic N) is 2. The summed E-state index contributed by atoms with van der Waals surface area (Å²) in [6.07, 6.45) is 4.43. The Morgan fingerprint density at radius 1 is 1.47 bits per heavy atom. The monoisotopic (exact) mass is 203 g/mol. The predicted octanol–water partition coefficient (Wildman–Crippen LogP) is 1.86. The third-order valence-electron chi connectivity index (χ3n) is 2.78. The zero-order valence-electron chi connectivity index (χ0n) is 8.35. The second kappa shape index (κ2) is 3.15. The molecule has 1 aliphatic carbocycles. The zero-order chi connectivity index (χ0) is 10.3. The van der Waals surface area contributed by atoms with Crippen molar-refractivity contribution in [3.8, 4) is 6.01 Å². The Hall–Kier alpha value is -1.71. The highest BCUT2D eigenvalue weighted by Gasteiger charge is 2.21. The Morgan fingerprint density at radius 2 is 2.33 bits per heavy atom. The standard InChI is InChI=1S/C11H13N3O/c15-11-13-10(12-7-8-4-5-8)9-3-1-2-6-14(9)11/h1-3,6,8,12H,4-5,7H2,(H,13,15). The molecule has 1 saturated carbocycles. The number of aromatic hydroxyl groups is 1. The Bertz CT molecular complexity index is 488. The number of anilines is 1. The molecule has 4 nitrogen and oxygen atoms in total. The van der Waals surface area contributed by atoms with Gasteiger partial charge in [-0.15, -0.1) is 0 Å². The summed E-state index contributed by atoms with van der Waals surface area (Å²) in [5.41, 5.74) is 0.927. The predicted molar refractivity (Wildman–Crippen MR) is 58.1 cm³/mol. The summed E-state index contributed by atoms with van der Waals surface area (Å²) >= 11 is 0. The molecule has 2 aromatic rings. The lowest BCUT2D eigenvalue weighted by atomic mass is 10.4. The molecule has 0 aromatic carbocycles. The molecular formula is C11H13N3O. The topological polar surface area (TPSA) is 49.6 Å². The van der Waals surface area contributed by atoms with Gasteiger partial charge in [-0.2, -0.15) is 4.98 Å². The first-order chi connectivity index (χ1) is 7.34. The third kappa shape index (κ3) is 1.52. The van der Waals surface area contributed by atoms with Crippen LogP contribution < -0.4 is 5.32 Å². The lowest BCUT2D eigenvalue weighted by molar-refractivity contribution is 0.428. The quantitative estimate of drug-likeness (QED) is 0.800. The van der Waals surface area contributed by atoms with Gasteiger partial charge in [0.05, 0.1) is 5.52 Å². The third-order valence-corrected chi connectivity index (χ3v) is 2.78. The normalized spacial score (nSPS) is 15.7. The average molecular weight is 203 g/mol. The van der Waals surface area contributed by atoms with Gasteiger partial charge in [0.15, 0.2) is 5.82 Å². The first-order valence-corrected chi connectivity index (χ1v) is 5.24. The summed E-state index contributed by atoms with van der Waals surface area (Å²) in [6, 6.07) is 5.81. The van der Waals surface area contributed by atoms with Gasteiger partial charge in [0.2, 0.25) is 0 Å². The molecule has 78 valence electrons. The maximum Gasteiger partial charge on any atom is 0.300 e. The molecule has 0 radical (unpaired) electrons. The van der Waals surface area contributed by atoms with Crippen molar-refractivity contribution >= 4 is 11.3 Å². The van der Waals surface area contributed by atoms with E-state index in [2.05, 4.69) is 10.3 Å². The maximum atomic E-state index is 9.58. The van der Waals surface area contributed by atoms with E-state index in [9.17, 15) is 5.11 Å². The van der Waals surface area contributed by atoms with Gasteiger partial charge < -0.3 is 10.4 Å². The van der Waals surface area contributed by atoms with Crippen LogP contribution in [0.25, 0.3) is 5.52 Å². The summed E-state index contributed by atoms with van der Waals surface area (Å²) in [6.45, 7) is 0.959. The van der Waals surface area contributed by atoms with Crippen molar-refractivity contribution in [2.45, 2.75) is 12.8 Å². The van der Waals surface area contributed by atoms with Crippen LogP contribution in [0.1, 0.15) is 12.8 Å². The fourth-order valence-electron chi connectivity index (χ4n) is 1.71. The Kier molecular flexibility index (Phi) is 1.80. The number of hydrogen-bond donors (Lipinski definition) is 2. The minimum absolute atomic E-state index is 0.0453. The smallest absolute Gasteiger partial charge is 0.300 e. The number of aromatic nitrogens is 2. The van der Waals surface area contributed by atoms with Crippen LogP contribution in [-0.4, -0.2) is 21.0 Å². The fraction of sp³-hybridized carbons (Fsp3) is 0.364. The molecule has 0 unspecified atom stereocenters. The highest BCUT2D eigenvalue weighted by atomic mass is 16.3. The van der Waals surface area contributed by atoms with E-state index in [-0.39, 0.29) is 6.01 Å². The van der Waals surface area contributed by atoms with Crippen molar-refractivity contribution in [1.82, 2.24) is 9.38 Å². The Balaban J connectivity index is 1.94. The van der Waals surface area contributed by atoms with Gasteiger partial charge >= 0.3 is 6.01 Å². The number of pyridine rings is 1. The lowest BCUT2D eigenvalue weighted by Crippen LogP contribution is -2.03. The first kappa shape index (κ1) is 8.59. The number of rotatable bonds is 3. The van der Waals surface area contributed by atoms with Gasteiger partial charge in [-0.25, -0.2) is 0 Å². The molecule has 1 fully saturated rings. The highest BCUT2D eigenvalue weighted by Crippen LogP contribution is 2.30. The molecule has 4 heteroatoms. The Morgan fingerprint density at radius 3 is 3.13 bits per heavy atom. The minimum atomic E-state index is 0.0453. The fourth-order valence-corrected chi connectivity index (χ4v) is 1.71. The summed E-state index contributed by atoms with van der Waals surface area (Å²) in [5.74, 6) is 1.58. The SMILES string of the molecule is Oc1nc(NCC2CC2)c2ccccn12. The highest BCUT2D eigenvalue weighted by molar-refractivity contribution is 5.69. The Labute approximate surface area is 87.6 Å². The van der Waals surface area contributed by atoms with E-state index >= 15 is 0 Å². The van der Waals surface area contributed by atoms with Crippen LogP contribution in [0.5, 0.6) is 6.01 Å². The van der Waals surface area contributed by atoms with Gasteiger partial charge in [0.1, 0.15) is 0 Å². The molecule has 15 heavy (non-hydrogen) atoms. The van der Waals surface area contributed by atoms with E-state index in [0.717, 1.165) is 23.8 Å². The van der Waals surface area contributed by atoms with E-state index in [1.807, 2.05) is 18.2 Å².